The number of aliphatic imine (C=N–C) groups is 1. The molecule has 7 N–H and O–H groups in total. The van der Waals surface area contributed by atoms with E-state index in [0.29, 0.717) is 45.4 Å². The second-order valence-corrected chi connectivity index (χ2v) is 11.5. The summed E-state index contributed by atoms with van der Waals surface area (Å²) in [5.41, 5.74) is 8.85. The molecule has 2 aromatic heterocycles. The maximum absolute atomic E-state index is 11.5. The minimum Gasteiger partial charge on any atom is -0.481 e. The third-order valence-electron chi connectivity index (χ3n) is 8.33. The molecule has 0 radical (unpaired) electrons. The first-order valence-corrected chi connectivity index (χ1v) is 14.4. The summed E-state index contributed by atoms with van der Waals surface area (Å²) >= 11 is 0. The number of fused-ring (bicyclic) bond motifs is 5. The van der Waals surface area contributed by atoms with Gasteiger partial charge in [-0.3, -0.25) is 9.59 Å². The molecule has 2 aromatic rings. The Morgan fingerprint density at radius 3 is 2.16 bits per heavy atom. The number of nitrogens with zero attached hydrogens (tertiary/aromatic N) is 1. The number of hydrogen-bond donors (Lipinski definition) is 7. The fourth-order valence-electron chi connectivity index (χ4n) is 6.12. The number of carbonyl (C=O) groups is 2. The highest BCUT2D eigenvalue weighted by Gasteiger charge is 2.24. The summed E-state index contributed by atoms with van der Waals surface area (Å²) < 4.78 is 0. The van der Waals surface area contributed by atoms with E-state index >= 15 is 0 Å². The van der Waals surface area contributed by atoms with Gasteiger partial charge in [0.05, 0.1) is 29.3 Å². The summed E-state index contributed by atoms with van der Waals surface area (Å²) in [6.07, 6.45) is 4.38. The Morgan fingerprint density at radius 1 is 0.907 bits per heavy atom. The van der Waals surface area contributed by atoms with Gasteiger partial charge in [-0.15, -0.1) is 0 Å². The number of carboxylic acid groups (broad SMARTS) is 2. The molecule has 6 bridgehead atoms. The summed E-state index contributed by atoms with van der Waals surface area (Å²) in [7, 11) is 0. The smallest absolute Gasteiger partial charge is 0.303 e. The van der Waals surface area contributed by atoms with E-state index < -0.39 is 24.1 Å². The largest absolute Gasteiger partial charge is 0.481 e. The van der Waals surface area contributed by atoms with Crippen molar-refractivity contribution in [2.75, 3.05) is 0 Å². The minimum absolute atomic E-state index is 0.0684. The fraction of sp³-hybridized carbons (Fsp3) is 0.394. The van der Waals surface area contributed by atoms with Crippen LogP contribution in [0.2, 0.25) is 0 Å². The highest BCUT2D eigenvalue weighted by Crippen LogP contribution is 2.33. The molecule has 0 saturated carbocycles. The zero-order valence-electron chi connectivity index (χ0n) is 25.5. The van der Waals surface area contributed by atoms with Crippen LogP contribution in [0.5, 0.6) is 0 Å². The normalized spacial score (nSPS) is 19.3. The quantitative estimate of drug-likeness (QED) is 0.247. The molecule has 0 amide bonds. The molecule has 228 valence electrons. The van der Waals surface area contributed by atoms with Crippen molar-refractivity contribution < 1.29 is 30.0 Å². The molecule has 2 atom stereocenters. The van der Waals surface area contributed by atoms with Gasteiger partial charge in [-0.25, -0.2) is 4.99 Å². The number of aliphatic carboxylic acids is 2. The SMILES string of the molecule is CC1=C(CCC(=O)O)C2=Cc3[nH]c(c(C)c3CCC(=O)O)C/C(C)=C(/C(C)O)C(=N)C=c3[nH]/c(c(C(C)O)c3C)=C\C1=N2. The number of carboxylic acids is 2. The van der Waals surface area contributed by atoms with E-state index in [1.165, 1.54) is 0 Å². The number of aliphatic hydroxyl groups excluding tert-OH is 2. The Kier molecular flexibility index (Phi) is 9.22. The molecular weight excluding hydrogens is 548 g/mol. The van der Waals surface area contributed by atoms with Gasteiger partial charge in [-0.1, -0.05) is 5.57 Å². The van der Waals surface area contributed by atoms with E-state index in [0.717, 1.165) is 39.1 Å². The molecule has 2 unspecified atom stereocenters. The van der Waals surface area contributed by atoms with Crippen LogP contribution in [-0.4, -0.2) is 59.9 Å². The van der Waals surface area contributed by atoms with Gasteiger partial charge in [0, 0.05) is 52.5 Å². The standard InChI is InChI=1S/C33H40N4O6/c1-15-11-24-16(2)21(7-9-30(40)41)27(35-24)14-28-22(8-10-31(42)43)17(3)26(36-28)13-29-33(20(6)39)18(4)25(37-29)12-23(34)32(15)19(5)38/h12-14,19-20,34-35,37-39H,7-11H2,1-6H3,(H,40,41)(H,42,43)/b25-12?,28-14?,29-13-,32-15-,34-23?. The Hall–Kier alpha value is -4.28. The van der Waals surface area contributed by atoms with Crippen molar-refractivity contribution in [3.63, 3.8) is 0 Å². The lowest BCUT2D eigenvalue weighted by atomic mass is 9.94. The number of nitrogens with one attached hydrogen (secondary N) is 3. The first-order valence-electron chi connectivity index (χ1n) is 14.4. The predicted molar refractivity (Wildman–Crippen MR) is 167 cm³/mol. The summed E-state index contributed by atoms with van der Waals surface area (Å²) in [5, 5.41) is 50.5. The number of H-pyrrole nitrogens is 2. The molecule has 0 spiro atoms. The van der Waals surface area contributed by atoms with Crippen LogP contribution in [-0.2, 0) is 22.4 Å². The van der Waals surface area contributed by atoms with Crippen molar-refractivity contribution in [1.82, 2.24) is 9.97 Å². The van der Waals surface area contributed by atoms with Crippen molar-refractivity contribution in [2.24, 2.45) is 4.99 Å². The topological polar surface area (TPSA) is 183 Å². The number of aromatic amines is 2. The summed E-state index contributed by atoms with van der Waals surface area (Å²) in [6.45, 7) is 10.8. The molecular formula is C33H40N4O6. The molecule has 2 aliphatic heterocycles. The van der Waals surface area contributed by atoms with Crippen LogP contribution < -0.4 is 10.7 Å². The summed E-state index contributed by atoms with van der Waals surface area (Å²) in [4.78, 5) is 34.7. The van der Waals surface area contributed by atoms with Crippen molar-refractivity contribution in [2.45, 2.75) is 85.9 Å². The second-order valence-electron chi connectivity index (χ2n) is 11.5. The Morgan fingerprint density at radius 2 is 1.56 bits per heavy atom. The zero-order valence-corrected chi connectivity index (χ0v) is 25.5. The lowest BCUT2D eigenvalue weighted by Crippen LogP contribution is -2.20. The van der Waals surface area contributed by atoms with Crippen LogP contribution >= 0.6 is 0 Å². The maximum Gasteiger partial charge on any atom is 0.303 e. The number of hydrogen-bond acceptors (Lipinski definition) is 6. The van der Waals surface area contributed by atoms with E-state index in [9.17, 15) is 30.0 Å². The van der Waals surface area contributed by atoms with Crippen molar-refractivity contribution >= 4 is 41.6 Å². The molecule has 10 heteroatoms. The summed E-state index contributed by atoms with van der Waals surface area (Å²) in [6, 6.07) is 0. The average molecular weight is 589 g/mol. The molecule has 4 heterocycles. The van der Waals surface area contributed by atoms with Gasteiger partial charge in [0.1, 0.15) is 0 Å². The zero-order chi connectivity index (χ0) is 31.7. The third-order valence-corrected chi connectivity index (χ3v) is 8.33. The molecule has 0 fully saturated rings. The Labute approximate surface area is 250 Å². The van der Waals surface area contributed by atoms with Crippen LogP contribution in [0, 0.1) is 19.3 Å². The molecule has 0 aromatic carbocycles. The fourth-order valence-corrected chi connectivity index (χ4v) is 6.12. The number of rotatable bonds is 8. The monoisotopic (exact) mass is 588 g/mol. The van der Waals surface area contributed by atoms with E-state index in [1.54, 1.807) is 19.9 Å². The van der Waals surface area contributed by atoms with Crippen LogP contribution in [0.4, 0.5) is 0 Å². The van der Waals surface area contributed by atoms with Crippen molar-refractivity contribution in [3.8, 4) is 0 Å². The van der Waals surface area contributed by atoms with Crippen LogP contribution in [0.15, 0.2) is 33.0 Å². The molecule has 10 nitrogen and oxygen atoms in total. The first-order chi connectivity index (χ1) is 20.2. The van der Waals surface area contributed by atoms with E-state index in [4.69, 9.17) is 10.4 Å². The minimum atomic E-state index is -0.925. The van der Waals surface area contributed by atoms with Gasteiger partial charge in [0.2, 0.25) is 0 Å². The van der Waals surface area contributed by atoms with Crippen molar-refractivity contribution in [3.05, 3.63) is 72.3 Å². The molecule has 0 saturated heterocycles. The van der Waals surface area contributed by atoms with E-state index in [2.05, 4.69) is 9.97 Å². The van der Waals surface area contributed by atoms with Gasteiger partial charge in [-0.05, 0) is 100 Å². The van der Waals surface area contributed by atoms with Crippen LogP contribution in [0.25, 0.3) is 18.2 Å². The summed E-state index contributed by atoms with van der Waals surface area (Å²) in [5.74, 6) is -1.84. The number of aromatic nitrogens is 2. The van der Waals surface area contributed by atoms with Crippen LogP contribution in [0.3, 0.4) is 0 Å². The van der Waals surface area contributed by atoms with Gasteiger partial charge in [0.15, 0.2) is 0 Å². The van der Waals surface area contributed by atoms with Gasteiger partial charge >= 0.3 is 11.9 Å². The predicted octanol–water partition coefficient (Wildman–Crippen LogP) is 3.54. The van der Waals surface area contributed by atoms with Gasteiger partial charge in [-0.2, -0.15) is 0 Å². The number of aliphatic hydroxyl groups is 2. The molecule has 2 aliphatic rings. The Balaban J connectivity index is 2.09. The van der Waals surface area contributed by atoms with Crippen molar-refractivity contribution in [1.29, 1.82) is 5.41 Å². The van der Waals surface area contributed by atoms with Gasteiger partial charge in [0.25, 0.3) is 0 Å². The lowest BCUT2D eigenvalue weighted by Gasteiger charge is -2.15. The van der Waals surface area contributed by atoms with E-state index in [1.807, 2.05) is 39.8 Å². The van der Waals surface area contributed by atoms with Gasteiger partial charge < -0.3 is 35.8 Å². The first kappa shape index (κ1) is 31.7. The Bertz CT molecular complexity index is 1760. The third kappa shape index (κ3) is 6.55. The maximum atomic E-state index is 11.5. The highest BCUT2D eigenvalue weighted by molar-refractivity contribution is 6.23. The molecule has 0 aliphatic carbocycles. The van der Waals surface area contributed by atoms with Crippen LogP contribution in [0.1, 0.15) is 86.7 Å². The molecule has 4 rings (SSSR count). The lowest BCUT2D eigenvalue weighted by molar-refractivity contribution is -0.138. The van der Waals surface area contributed by atoms with E-state index in [-0.39, 0.29) is 31.4 Å². The average Bonchev–Trinajstić information content (AvgIpc) is 3.46. The second kappa shape index (κ2) is 12.5. The molecule has 43 heavy (non-hydrogen) atoms. The highest BCUT2D eigenvalue weighted by atomic mass is 16.4. The number of allylic oxidation sites excluding steroid dienone is 3.